The molecule has 0 bridgehead atoms. The molecule has 1 amide bonds. The van der Waals surface area contributed by atoms with Gasteiger partial charge in [-0.3, -0.25) is 4.79 Å². The number of amides is 1. The summed E-state index contributed by atoms with van der Waals surface area (Å²) in [5.74, 6) is 0.117. The van der Waals surface area contributed by atoms with Crippen LogP contribution in [0.3, 0.4) is 0 Å². The molecule has 1 saturated heterocycles. The third kappa shape index (κ3) is 3.43. The topological polar surface area (TPSA) is 61.7 Å². The van der Waals surface area contributed by atoms with Gasteiger partial charge in [0.1, 0.15) is 5.75 Å². The number of hydrogen-bond donors (Lipinski definition) is 2. The molecule has 2 N–H and O–H groups in total. The van der Waals surface area contributed by atoms with Crippen molar-refractivity contribution in [1.29, 1.82) is 0 Å². The first-order valence-electron chi connectivity index (χ1n) is 6.70. The SMILES string of the molecule is O=C1NC(=Nc2ccc(O)cc2)S[C@H]1Cc1ccccc1Cl. The number of nitrogens with one attached hydrogen (secondary N) is 1. The third-order valence-corrected chi connectivity index (χ3v) is 4.67. The molecule has 1 heterocycles. The highest BCUT2D eigenvalue weighted by Gasteiger charge is 2.30. The summed E-state index contributed by atoms with van der Waals surface area (Å²) in [6, 6.07) is 14.0. The van der Waals surface area contributed by atoms with E-state index in [0.29, 0.717) is 22.3 Å². The molecule has 6 heteroatoms. The fourth-order valence-electron chi connectivity index (χ4n) is 2.10. The second-order valence-corrected chi connectivity index (χ2v) is 6.42. The van der Waals surface area contributed by atoms with Gasteiger partial charge in [0.2, 0.25) is 5.91 Å². The van der Waals surface area contributed by atoms with Crippen molar-refractivity contribution >= 4 is 40.1 Å². The van der Waals surface area contributed by atoms with Gasteiger partial charge < -0.3 is 10.4 Å². The third-order valence-electron chi connectivity index (χ3n) is 3.22. The Morgan fingerprint density at radius 3 is 2.64 bits per heavy atom. The predicted octanol–water partition coefficient (Wildman–Crippen LogP) is 3.51. The summed E-state index contributed by atoms with van der Waals surface area (Å²) in [5.41, 5.74) is 1.63. The van der Waals surface area contributed by atoms with E-state index in [1.807, 2.05) is 24.3 Å². The van der Waals surface area contributed by atoms with Crippen molar-refractivity contribution in [2.45, 2.75) is 11.7 Å². The van der Waals surface area contributed by atoms with Crippen LogP contribution in [0.4, 0.5) is 5.69 Å². The molecule has 22 heavy (non-hydrogen) atoms. The maximum Gasteiger partial charge on any atom is 0.239 e. The number of benzene rings is 2. The predicted molar refractivity (Wildman–Crippen MR) is 89.9 cm³/mol. The Morgan fingerprint density at radius 1 is 1.18 bits per heavy atom. The number of phenols is 1. The van der Waals surface area contributed by atoms with Crippen molar-refractivity contribution in [3.05, 3.63) is 59.1 Å². The summed E-state index contributed by atoms with van der Waals surface area (Å²) in [6.07, 6.45) is 0.560. The van der Waals surface area contributed by atoms with E-state index in [-0.39, 0.29) is 16.9 Å². The molecule has 0 aromatic heterocycles. The highest BCUT2D eigenvalue weighted by atomic mass is 35.5. The maximum atomic E-state index is 12.0. The van der Waals surface area contributed by atoms with E-state index in [1.165, 1.54) is 11.8 Å². The number of halogens is 1. The molecule has 112 valence electrons. The van der Waals surface area contributed by atoms with E-state index in [1.54, 1.807) is 24.3 Å². The standard InChI is InChI=1S/C16H13ClN2O2S/c17-13-4-2-1-3-10(13)9-14-15(21)19-16(22-14)18-11-5-7-12(20)8-6-11/h1-8,14,20H,9H2,(H,18,19,21)/t14-/m0/s1. The Kier molecular flexibility index (Phi) is 4.36. The van der Waals surface area contributed by atoms with Crippen LogP contribution in [0.1, 0.15) is 5.56 Å². The average molecular weight is 333 g/mol. The summed E-state index contributed by atoms with van der Waals surface area (Å²) >= 11 is 7.53. The van der Waals surface area contributed by atoms with E-state index < -0.39 is 0 Å². The first-order chi connectivity index (χ1) is 10.6. The Balaban J connectivity index is 1.73. The van der Waals surface area contributed by atoms with Crippen LogP contribution in [-0.4, -0.2) is 21.4 Å². The molecule has 0 unspecified atom stereocenters. The van der Waals surface area contributed by atoms with Crippen LogP contribution in [0, 0.1) is 0 Å². The first-order valence-corrected chi connectivity index (χ1v) is 7.96. The molecule has 1 fully saturated rings. The number of nitrogens with zero attached hydrogens (tertiary/aromatic N) is 1. The number of hydrogen-bond acceptors (Lipinski definition) is 4. The number of aliphatic imine (C=N–C) groups is 1. The Bertz CT molecular complexity index is 731. The van der Waals surface area contributed by atoms with Crippen LogP contribution < -0.4 is 5.32 Å². The monoisotopic (exact) mass is 332 g/mol. The van der Waals surface area contributed by atoms with Gasteiger partial charge in [-0.1, -0.05) is 41.6 Å². The molecular formula is C16H13ClN2O2S. The molecule has 2 aromatic rings. The van der Waals surface area contributed by atoms with Crippen molar-refractivity contribution in [3.8, 4) is 5.75 Å². The van der Waals surface area contributed by atoms with Gasteiger partial charge in [0.25, 0.3) is 0 Å². The van der Waals surface area contributed by atoms with Crippen molar-refractivity contribution in [2.24, 2.45) is 4.99 Å². The van der Waals surface area contributed by atoms with Crippen LogP contribution in [0.25, 0.3) is 0 Å². The van der Waals surface area contributed by atoms with Crippen LogP contribution in [0.5, 0.6) is 5.75 Å². The molecule has 1 atom stereocenters. The Hall–Kier alpha value is -1.98. The molecule has 0 saturated carbocycles. The van der Waals surface area contributed by atoms with Gasteiger partial charge in [-0.05, 0) is 42.3 Å². The number of carbonyl (C=O) groups excluding carboxylic acids is 1. The van der Waals surface area contributed by atoms with Gasteiger partial charge in [-0.2, -0.15) is 0 Å². The van der Waals surface area contributed by atoms with Crippen LogP contribution >= 0.6 is 23.4 Å². The zero-order valence-electron chi connectivity index (χ0n) is 11.5. The minimum Gasteiger partial charge on any atom is -0.508 e. The molecule has 0 spiro atoms. The average Bonchev–Trinajstić information content (AvgIpc) is 2.84. The van der Waals surface area contributed by atoms with E-state index in [4.69, 9.17) is 11.6 Å². The van der Waals surface area contributed by atoms with Gasteiger partial charge >= 0.3 is 0 Å². The van der Waals surface area contributed by atoms with Gasteiger partial charge in [0.05, 0.1) is 10.9 Å². The molecule has 1 aliphatic rings. The minimum atomic E-state index is -0.240. The van der Waals surface area contributed by atoms with Crippen molar-refractivity contribution < 1.29 is 9.90 Å². The van der Waals surface area contributed by atoms with Crippen molar-refractivity contribution in [3.63, 3.8) is 0 Å². The highest BCUT2D eigenvalue weighted by Crippen LogP contribution is 2.28. The summed E-state index contributed by atoms with van der Waals surface area (Å²) < 4.78 is 0. The minimum absolute atomic E-state index is 0.0672. The second kappa shape index (κ2) is 6.42. The summed E-state index contributed by atoms with van der Waals surface area (Å²) in [5, 5.41) is 13.0. The number of amidine groups is 1. The lowest BCUT2D eigenvalue weighted by Crippen LogP contribution is -2.26. The second-order valence-electron chi connectivity index (χ2n) is 4.82. The van der Waals surface area contributed by atoms with E-state index in [9.17, 15) is 9.90 Å². The van der Waals surface area contributed by atoms with Crippen LogP contribution in [-0.2, 0) is 11.2 Å². The molecule has 2 aromatic carbocycles. The number of thioether (sulfide) groups is 1. The number of rotatable bonds is 3. The Labute approximate surface area is 137 Å². The van der Waals surface area contributed by atoms with Gasteiger partial charge in [0, 0.05) is 5.02 Å². The smallest absolute Gasteiger partial charge is 0.239 e. The zero-order chi connectivity index (χ0) is 15.5. The summed E-state index contributed by atoms with van der Waals surface area (Å²) in [6.45, 7) is 0. The first kappa shape index (κ1) is 14.9. The fraction of sp³-hybridized carbons (Fsp3) is 0.125. The maximum absolute atomic E-state index is 12.0. The molecule has 0 aliphatic carbocycles. The van der Waals surface area contributed by atoms with E-state index >= 15 is 0 Å². The molecular weight excluding hydrogens is 320 g/mol. The Morgan fingerprint density at radius 2 is 1.91 bits per heavy atom. The number of phenolic OH excluding ortho intramolecular Hbond substituents is 1. The molecule has 1 aliphatic heterocycles. The molecule has 4 nitrogen and oxygen atoms in total. The van der Waals surface area contributed by atoms with E-state index in [2.05, 4.69) is 10.3 Å². The van der Waals surface area contributed by atoms with E-state index in [0.717, 1.165) is 5.56 Å². The number of carbonyl (C=O) groups is 1. The zero-order valence-corrected chi connectivity index (χ0v) is 13.1. The van der Waals surface area contributed by atoms with Crippen LogP contribution in [0.2, 0.25) is 5.02 Å². The quantitative estimate of drug-likeness (QED) is 0.904. The fourth-order valence-corrected chi connectivity index (χ4v) is 3.33. The lowest BCUT2D eigenvalue weighted by atomic mass is 10.1. The van der Waals surface area contributed by atoms with Gasteiger partial charge in [-0.15, -0.1) is 0 Å². The summed E-state index contributed by atoms with van der Waals surface area (Å²) in [7, 11) is 0. The normalized spacial score (nSPS) is 19.4. The van der Waals surface area contributed by atoms with Crippen molar-refractivity contribution in [2.75, 3.05) is 0 Å². The van der Waals surface area contributed by atoms with Crippen LogP contribution in [0.15, 0.2) is 53.5 Å². The number of aromatic hydroxyl groups is 1. The van der Waals surface area contributed by atoms with Gasteiger partial charge in [-0.25, -0.2) is 4.99 Å². The lowest BCUT2D eigenvalue weighted by molar-refractivity contribution is -0.118. The largest absolute Gasteiger partial charge is 0.508 e. The highest BCUT2D eigenvalue weighted by molar-refractivity contribution is 8.15. The molecule has 0 radical (unpaired) electrons. The summed E-state index contributed by atoms with van der Waals surface area (Å²) in [4.78, 5) is 16.4. The van der Waals surface area contributed by atoms with Crippen molar-refractivity contribution in [1.82, 2.24) is 5.32 Å². The lowest BCUT2D eigenvalue weighted by Gasteiger charge is -2.06. The van der Waals surface area contributed by atoms with Gasteiger partial charge in [0.15, 0.2) is 5.17 Å². The molecule has 3 rings (SSSR count).